The first-order valence-corrected chi connectivity index (χ1v) is 5.53. The first-order valence-electron chi connectivity index (χ1n) is 5.53. The highest BCUT2D eigenvalue weighted by Gasteiger charge is 2.15. The Kier molecular flexibility index (Phi) is 3.36. The Morgan fingerprint density at radius 2 is 1.83 bits per heavy atom. The Morgan fingerprint density at radius 1 is 1.17 bits per heavy atom. The van der Waals surface area contributed by atoms with Gasteiger partial charge in [-0.05, 0) is 6.07 Å². The lowest BCUT2D eigenvalue weighted by Gasteiger charge is -2.10. The zero-order valence-electron chi connectivity index (χ0n) is 10.6. The predicted octanol–water partition coefficient (Wildman–Crippen LogP) is 1.90. The number of nitrogens with zero attached hydrogens (tertiary/aromatic N) is 2. The molecule has 1 aromatic heterocycles. The van der Waals surface area contributed by atoms with E-state index < -0.39 is 0 Å². The molecule has 0 fully saturated rings. The Bertz CT molecular complexity index is 551. The van der Waals surface area contributed by atoms with E-state index in [2.05, 4.69) is 10.2 Å². The van der Waals surface area contributed by atoms with E-state index in [0.29, 0.717) is 41.0 Å². The van der Waals surface area contributed by atoms with Crippen LogP contribution >= 0.6 is 0 Å². The van der Waals surface area contributed by atoms with E-state index in [1.54, 1.807) is 26.4 Å². The number of methoxy groups -OCH3 is 2. The average molecular weight is 249 g/mol. The second-order valence-corrected chi connectivity index (χ2v) is 3.65. The van der Waals surface area contributed by atoms with Crippen molar-refractivity contribution in [1.29, 1.82) is 0 Å². The summed E-state index contributed by atoms with van der Waals surface area (Å²) in [7, 11) is 3.11. The smallest absolute Gasteiger partial charge is 0.249 e. The molecule has 96 valence electrons. The largest absolute Gasteiger partial charge is 0.493 e. The maximum absolute atomic E-state index is 5.94. The highest BCUT2D eigenvalue weighted by atomic mass is 16.5. The Morgan fingerprint density at radius 3 is 2.39 bits per heavy atom. The summed E-state index contributed by atoms with van der Waals surface area (Å²) in [4.78, 5) is 0. The molecule has 0 saturated carbocycles. The summed E-state index contributed by atoms with van der Waals surface area (Å²) < 4.78 is 15.9. The first-order chi connectivity index (χ1) is 8.69. The lowest BCUT2D eigenvalue weighted by Crippen LogP contribution is -1.96. The molecule has 1 heterocycles. The SMILES string of the molecule is CCc1nnc(-c2cc(OC)c(OC)cc2N)o1. The van der Waals surface area contributed by atoms with Crippen molar-refractivity contribution in [2.75, 3.05) is 20.0 Å². The van der Waals surface area contributed by atoms with E-state index in [1.807, 2.05) is 6.92 Å². The minimum absolute atomic E-state index is 0.380. The van der Waals surface area contributed by atoms with Crippen LogP contribution in [0.3, 0.4) is 0 Å². The molecule has 6 heteroatoms. The number of rotatable bonds is 4. The van der Waals surface area contributed by atoms with E-state index in [1.165, 1.54) is 0 Å². The first kappa shape index (κ1) is 12.2. The van der Waals surface area contributed by atoms with Gasteiger partial charge in [0.15, 0.2) is 11.5 Å². The zero-order chi connectivity index (χ0) is 13.1. The zero-order valence-corrected chi connectivity index (χ0v) is 10.6. The fraction of sp³-hybridized carbons (Fsp3) is 0.333. The molecule has 0 atom stereocenters. The number of ether oxygens (including phenoxy) is 2. The van der Waals surface area contributed by atoms with Gasteiger partial charge in [0.05, 0.1) is 19.8 Å². The van der Waals surface area contributed by atoms with Crippen LogP contribution in [0.5, 0.6) is 11.5 Å². The van der Waals surface area contributed by atoms with Gasteiger partial charge in [-0.1, -0.05) is 6.92 Å². The molecule has 0 amide bonds. The molecule has 2 rings (SSSR count). The molecule has 1 aromatic carbocycles. The predicted molar refractivity (Wildman–Crippen MR) is 66.6 cm³/mol. The van der Waals surface area contributed by atoms with Crippen molar-refractivity contribution in [2.45, 2.75) is 13.3 Å². The molecule has 0 saturated heterocycles. The third-order valence-electron chi connectivity index (χ3n) is 2.56. The lowest BCUT2D eigenvalue weighted by atomic mass is 10.1. The van der Waals surface area contributed by atoms with E-state index in [0.717, 1.165) is 0 Å². The molecule has 0 radical (unpaired) electrons. The number of aromatic nitrogens is 2. The van der Waals surface area contributed by atoms with E-state index >= 15 is 0 Å². The van der Waals surface area contributed by atoms with Gasteiger partial charge in [0.25, 0.3) is 0 Å². The van der Waals surface area contributed by atoms with Gasteiger partial charge >= 0.3 is 0 Å². The molecule has 0 bridgehead atoms. The monoisotopic (exact) mass is 249 g/mol. The van der Waals surface area contributed by atoms with Crippen molar-refractivity contribution in [3.8, 4) is 23.0 Å². The van der Waals surface area contributed by atoms with Crippen LogP contribution in [0, 0.1) is 0 Å². The Labute approximate surface area is 105 Å². The summed E-state index contributed by atoms with van der Waals surface area (Å²) in [6, 6.07) is 3.39. The van der Waals surface area contributed by atoms with Gasteiger partial charge in [0.1, 0.15) is 0 Å². The summed E-state index contributed by atoms with van der Waals surface area (Å²) in [6.45, 7) is 1.94. The van der Waals surface area contributed by atoms with Crippen LogP contribution in [0.1, 0.15) is 12.8 Å². The highest BCUT2D eigenvalue weighted by molar-refractivity contribution is 5.74. The van der Waals surface area contributed by atoms with Gasteiger partial charge < -0.3 is 19.6 Å². The normalized spacial score (nSPS) is 10.4. The van der Waals surface area contributed by atoms with Gasteiger partial charge in [-0.15, -0.1) is 10.2 Å². The quantitative estimate of drug-likeness (QED) is 0.833. The van der Waals surface area contributed by atoms with Crippen LogP contribution < -0.4 is 15.2 Å². The summed E-state index contributed by atoms with van der Waals surface area (Å²) >= 11 is 0. The Hall–Kier alpha value is -2.24. The van der Waals surface area contributed by atoms with Gasteiger partial charge in [0.2, 0.25) is 11.8 Å². The molecule has 18 heavy (non-hydrogen) atoms. The summed E-state index contributed by atoms with van der Waals surface area (Å²) in [5.41, 5.74) is 7.08. The standard InChI is InChI=1S/C12H15N3O3/c1-4-11-14-15-12(18-11)7-5-9(16-2)10(17-3)6-8(7)13/h5-6H,4,13H2,1-3H3. The van der Waals surface area contributed by atoms with Crippen LogP contribution in [-0.2, 0) is 6.42 Å². The molecular weight excluding hydrogens is 234 g/mol. The maximum Gasteiger partial charge on any atom is 0.249 e. The fourth-order valence-electron chi connectivity index (χ4n) is 1.59. The van der Waals surface area contributed by atoms with Gasteiger partial charge in [-0.25, -0.2) is 0 Å². The van der Waals surface area contributed by atoms with Gasteiger partial charge in [-0.3, -0.25) is 0 Å². The molecule has 6 nitrogen and oxygen atoms in total. The van der Waals surface area contributed by atoms with Gasteiger partial charge in [-0.2, -0.15) is 0 Å². The number of nitrogens with two attached hydrogens (primary N) is 1. The number of nitrogen functional groups attached to an aromatic ring is 1. The van der Waals surface area contributed by atoms with Crippen molar-refractivity contribution in [3.63, 3.8) is 0 Å². The second-order valence-electron chi connectivity index (χ2n) is 3.65. The topological polar surface area (TPSA) is 83.4 Å². The molecule has 2 aromatic rings. The van der Waals surface area contributed by atoms with Crippen LogP contribution in [0.2, 0.25) is 0 Å². The van der Waals surface area contributed by atoms with Crippen molar-refractivity contribution in [1.82, 2.24) is 10.2 Å². The van der Waals surface area contributed by atoms with Crippen molar-refractivity contribution < 1.29 is 13.9 Å². The molecule has 2 N–H and O–H groups in total. The van der Waals surface area contributed by atoms with Gasteiger partial charge in [0, 0.05) is 18.2 Å². The van der Waals surface area contributed by atoms with Crippen LogP contribution in [0.25, 0.3) is 11.5 Å². The van der Waals surface area contributed by atoms with E-state index in [-0.39, 0.29) is 0 Å². The molecule has 0 aliphatic heterocycles. The average Bonchev–Trinajstić information content (AvgIpc) is 2.86. The lowest BCUT2D eigenvalue weighted by molar-refractivity contribution is 0.355. The second kappa shape index (κ2) is 4.95. The molecule has 0 aliphatic rings. The number of aryl methyl sites for hydroxylation is 1. The minimum atomic E-state index is 0.380. The fourth-order valence-corrected chi connectivity index (χ4v) is 1.59. The third-order valence-corrected chi connectivity index (χ3v) is 2.56. The van der Waals surface area contributed by atoms with E-state index in [9.17, 15) is 0 Å². The molecule has 0 aliphatic carbocycles. The van der Waals surface area contributed by atoms with Crippen LogP contribution in [0.15, 0.2) is 16.5 Å². The summed E-state index contributed by atoms with van der Waals surface area (Å²) in [6.07, 6.45) is 0.681. The highest BCUT2D eigenvalue weighted by Crippen LogP contribution is 2.36. The van der Waals surface area contributed by atoms with E-state index in [4.69, 9.17) is 19.6 Å². The molecule has 0 spiro atoms. The molecule has 0 unspecified atom stereocenters. The maximum atomic E-state index is 5.94. The van der Waals surface area contributed by atoms with Crippen molar-refractivity contribution >= 4 is 5.69 Å². The number of hydrogen-bond donors (Lipinski definition) is 1. The third kappa shape index (κ3) is 2.09. The number of benzene rings is 1. The number of hydrogen-bond acceptors (Lipinski definition) is 6. The van der Waals surface area contributed by atoms with Crippen LogP contribution in [-0.4, -0.2) is 24.4 Å². The van der Waals surface area contributed by atoms with Crippen molar-refractivity contribution in [3.05, 3.63) is 18.0 Å². The Balaban J connectivity index is 2.50. The summed E-state index contributed by atoms with van der Waals surface area (Å²) in [5, 5.41) is 7.86. The number of anilines is 1. The molecular formula is C12H15N3O3. The van der Waals surface area contributed by atoms with Crippen LogP contribution in [0.4, 0.5) is 5.69 Å². The minimum Gasteiger partial charge on any atom is -0.493 e. The summed E-state index contributed by atoms with van der Waals surface area (Å²) in [5.74, 6) is 2.08. The van der Waals surface area contributed by atoms with Crippen molar-refractivity contribution in [2.24, 2.45) is 0 Å².